The number of rotatable bonds is 6. The summed E-state index contributed by atoms with van der Waals surface area (Å²) in [6, 6.07) is -0.183. The largest absolute Gasteiger partial charge is 0.376 e. The van der Waals surface area contributed by atoms with Gasteiger partial charge in [0.1, 0.15) is 0 Å². The zero-order valence-electron chi connectivity index (χ0n) is 10.1. The van der Waals surface area contributed by atoms with Crippen LogP contribution in [0.3, 0.4) is 0 Å². The van der Waals surface area contributed by atoms with Crippen LogP contribution in [0.15, 0.2) is 0 Å². The molecule has 1 aliphatic rings. The Bertz CT molecular complexity index is 205. The van der Waals surface area contributed by atoms with Crippen molar-refractivity contribution in [3.05, 3.63) is 0 Å². The van der Waals surface area contributed by atoms with Crippen molar-refractivity contribution >= 4 is 5.91 Å². The third-order valence-corrected chi connectivity index (χ3v) is 2.48. The SMILES string of the molecule is CCCNC(=O)C(C)NCC1COCCO1. The molecule has 1 amide bonds. The van der Waals surface area contributed by atoms with Crippen LogP contribution in [-0.2, 0) is 14.3 Å². The van der Waals surface area contributed by atoms with Crippen molar-refractivity contribution in [2.24, 2.45) is 0 Å². The Morgan fingerprint density at radius 2 is 2.31 bits per heavy atom. The van der Waals surface area contributed by atoms with Gasteiger partial charge in [0.05, 0.1) is 32.0 Å². The van der Waals surface area contributed by atoms with Gasteiger partial charge in [-0.25, -0.2) is 0 Å². The summed E-state index contributed by atoms with van der Waals surface area (Å²) in [6.07, 6.45) is 1.02. The van der Waals surface area contributed by atoms with Crippen molar-refractivity contribution in [2.45, 2.75) is 32.4 Å². The molecule has 1 rings (SSSR count). The lowest BCUT2D eigenvalue weighted by molar-refractivity contribution is -0.123. The molecule has 2 atom stereocenters. The lowest BCUT2D eigenvalue weighted by Gasteiger charge is -2.24. The molecule has 1 heterocycles. The molecule has 0 aromatic rings. The van der Waals surface area contributed by atoms with E-state index in [9.17, 15) is 4.79 Å². The van der Waals surface area contributed by atoms with Crippen molar-refractivity contribution < 1.29 is 14.3 Å². The molecule has 0 spiro atoms. The van der Waals surface area contributed by atoms with Gasteiger partial charge >= 0.3 is 0 Å². The molecule has 0 saturated carbocycles. The predicted octanol–water partition coefficient (Wildman–Crippen LogP) is -0.0939. The minimum absolute atomic E-state index is 0.0403. The topological polar surface area (TPSA) is 59.6 Å². The number of ether oxygens (including phenoxy) is 2. The molecule has 1 fully saturated rings. The number of carbonyl (C=O) groups excluding carboxylic acids is 1. The smallest absolute Gasteiger partial charge is 0.236 e. The highest BCUT2D eigenvalue weighted by Gasteiger charge is 2.17. The Morgan fingerprint density at radius 3 is 2.94 bits per heavy atom. The van der Waals surface area contributed by atoms with E-state index < -0.39 is 0 Å². The third-order valence-electron chi connectivity index (χ3n) is 2.48. The van der Waals surface area contributed by atoms with Crippen molar-refractivity contribution in [3.63, 3.8) is 0 Å². The van der Waals surface area contributed by atoms with Crippen molar-refractivity contribution in [1.82, 2.24) is 10.6 Å². The van der Waals surface area contributed by atoms with E-state index in [4.69, 9.17) is 9.47 Å². The van der Waals surface area contributed by atoms with Gasteiger partial charge in [-0.1, -0.05) is 6.92 Å². The molecule has 0 aromatic carbocycles. The summed E-state index contributed by atoms with van der Waals surface area (Å²) in [5.41, 5.74) is 0. The van der Waals surface area contributed by atoms with E-state index in [1.54, 1.807) is 0 Å². The van der Waals surface area contributed by atoms with Crippen LogP contribution in [-0.4, -0.2) is 51.0 Å². The van der Waals surface area contributed by atoms with Crippen molar-refractivity contribution in [3.8, 4) is 0 Å². The molecule has 5 heteroatoms. The highest BCUT2D eigenvalue weighted by Crippen LogP contribution is 1.99. The Balaban J connectivity index is 2.12. The molecule has 0 bridgehead atoms. The molecule has 0 radical (unpaired) electrons. The van der Waals surface area contributed by atoms with Gasteiger partial charge in [-0.3, -0.25) is 4.79 Å². The van der Waals surface area contributed by atoms with Gasteiger partial charge < -0.3 is 20.1 Å². The first-order chi connectivity index (χ1) is 7.74. The standard InChI is InChI=1S/C11H22N2O3/c1-3-4-12-11(14)9(2)13-7-10-8-15-5-6-16-10/h9-10,13H,3-8H2,1-2H3,(H,12,14). The number of hydrogen-bond acceptors (Lipinski definition) is 4. The van der Waals surface area contributed by atoms with Gasteiger partial charge in [-0.05, 0) is 13.3 Å². The fourth-order valence-corrected chi connectivity index (χ4v) is 1.46. The lowest BCUT2D eigenvalue weighted by atomic mass is 10.2. The molecule has 2 unspecified atom stereocenters. The van der Waals surface area contributed by atoms with Crippen LogP contribution in [0.2, 0.25) is 0 Å². The molecular formula is C11H22N2O3. The fraction of sp³-hybridized carbons (Fsp3) is 0.909. The van der Waals surface area contributed by atoms with Gasteiger partial charge in [0, 0.05) is 13.1 Å². The molecule has 0 aromatic heterocycles. The molecular weight excluding hydrogens is 208 g/mol. The van der Waals surface area contributed by atoms with E-state index in [0.29, 0.717) is 26.4 Å². The Morgan fingerprint density at radius 1 is 1.50 bits per heavy atom. The lowest BCUT2D eigenvalue weighted by Crippen LogP contribution is -2.47. The van der Waals surface area contributed by atoms with Crippen LogP contribution in [0.4, 0.5) is 0 Å². The van der Waals surface area contributed by atoms with E-state index in [2.05, 4.69) is 10.6 Å². The zero-order chi connectivity index (χ0) is 11.8. The van der Waals surface area contributed by atoms with Gasteiger partial charge in [0.25, 0.3) is 0 Å². The summed E-state index contributed by atoms with van der Waals surface area (Å²) < 4.78 is 10.7. The number of nitrogens with one attached hydrogen (secondary N) is 2. The first-order valence-electron chi connectivity index (χ1n) is 5.94. The van der Waals surface area contributed by atoms with Gasteiger partial charge in [-0.2, -0.15) is 0 Å². The van der Waals surface area contributed by atoms with Gasteiger partial charge in [-0.15, -0.1) is 0 Å². The van der Waals surface area contributed by atoms with E-state index in [1.807, 2.05) is 13.8 Å². The van der Waals surface area contributed by atoms with Crippen molar-refractivity contribution in [1.29, 1.82) is 0 Å². The third kappa shape index (κ3) is 4.92. The number of hydrogen-bond donors (Lipinski definition) is 2. The Hall–Kier alpha value is -0.650. The summed E-state index contributed by atoms with van der Waals surface area (Å²) in [4.78, 5) is 11.5. The molecule has 2 N–H and O–H groups in total. The highest BCUT2D eigenvalue weighted by molar-refractivity contribution is 5.81. The fourth-order valence-electron chi connectivity index (χ4n) is 1.46. The summed E-state index contributed by atoms with van der Waals surface area (Å²) in [6.45, 7) is 7.19. The second kappa shape index (κ2) is 7.60. The molecule has 94 valence electrons. The number of carbonyl (C=O) groups is 1. The van der Waals surface area contributed by atoms with Crippen molar-refractivity contribution in [2.75, 3.05) is 32.9 Å². The minimum Gasteiger partial charge on any atom is -0.376 e. The molecule has 1 saturated heterocycles. The monoisotopic (exact) mass is 230 g/mol. The summed E-state index contributed by atoms with van der Waals surface area (Å²) >= 11 is 0. The molecule has 5 nitrogen and oxygen atoms in total. The maximum atomic E-state index is 11.5. The van der Waals surface area contributed by atoms with E-state index in [1.165, 1.54) is 0 Å². The van der Waals surface area contributed by atoms with Crippen LogP contribution >= 0.6 is 0 Å². The highest BCUT2D eigenvalue weighted by atomic mass is 16.6. The number of amides is 1. The summed E-state index contributed by atoms with van der Waals surface area (Å²) in [7, 11) is 0. The first kappa shape index (κ1) is 13.4. The van der Waals surface area contributed by atoms with Gasteiger partial charge in [0.2, 0.25) is 5.91 Å². The maximum Gasteiger partial charge on any atom is 0.236 e. The second-order valence-electron chi connectivity index (χ2n) is 3.99. The van der Waals surface area contributed by atoms with Crippen LogP contribution in [0, 0.1) is 0 Å². The summed E-state index contributed by atoms with van der Waals surface area (Å²) in [5.74, 6) is 0.0403. The molecule has 0 aliphatic carbocycles. The van der Waals surface area contributed by atoms with Crippen LogP contribution in [0.25, 0.3) is 0 Å². The Kier molecular flexibility index (Phi) is 6.37. The second-order valence-corrected chi connectivity index (χ2v) is 3.99. The van der Waals surface area contributed by atoms with Gasteiger partial charge in [0.15, 0.2) is 0 Å². The predicted molar refractivity (Wildman–Crippen MR) is 61.3 cm³/mol. The van der Waals surface area contributed by atoms with Crippen LogP contribution < -0.4 is 10.6 Å². The van der Waals surface area contributed by atoms with E-state index >= 15 is 0 Å². The zero-order valence-corrected chi connectivity index (χ0v) is 10.1. The van der Waals surface area contributed by atoms with Crippen LogP contribution in [0.5, 0.6) is 0 Å². The van der Waals surface area contributed by atoms with E-state index in [0.717, 1.165) is 13.0 Å². The normalized spacial score (nSPS) is 22.8. The average molecular weight is 230 g/mol. The van der Waals surface area contributed by atoms with E-state index in [-0.39, 0.29) is 18.1 Å². The first-order valence-corrected chi connectivity index (χ1v) is 5.94. The molecule has 1 aliphatic heterocycles. The summed E-state index contributed by atoms with van der Waals surface area (Å²) in [5, 5.41) is 5.99. The van der Waals surface area contributed by atoms with Crippen LogP contribution in [0.1, 0.15) is 20.3 Å². The maximum absolute atomic E-state index is 11.5. The minimum atomic E-state index is -0.183. The quantitative estimate of drug-likeness (QED) is 0.669. The Labute approximate surface area is 96.9 Å². The molecule has 16 heavy (non-hydrogen) atoms. The average Bonchev–Trinajstić information content (AvgIpc) is 2.34.